The number of carbonyl (C=O) groups is 2. The molecule has 0 bridgehead atoms. The average Bonchev–Trinajstić information content (AvgIpc) is 2.57. The third-order valence-corrected chi connectivity index (χ3v) is 4.29. The number of benzene rings is 2. The summed E-state index contributed by atoms with van der Waals surface area (Å²) in [6, 6.07) is 12.7. The van der Waals surface area contributed by atoms with Crippen LogP contribution >= 0.6 is 11.6 Å². The Morgan fingerprint density at radius 1 is 1.21 bits per heavy atom. The second kappa shape index (κ2) is 7.01. The smallest absolute Gasteiger partial charge is 0.254 e. The minimum absolute atomic E-state index is 0.0629. The van der Waals surface area contributed by atoms with Crippen LogP contribution in [0, 0.1) is 5.82 Å². The molecule has 1 fully saturated rings. The molecule has 1 saturated heterocycles. The largest absolute Gasteiger partial charge is 0.347 e. The molecule has 2 amide bonds. The molecule has 124 valence electrons. The Morgan fingerprint density at radius 3 is 2.67 bits per heavy atom. The lowest BCUT2D eigenvalue weighted by Gasteiger charge is -2.33. The van der Waals surface area contributed by atoms with Gasteiger partial charge < -0.3 is 10.6 Å². The third-order valence-electron chi connectivity index (χ3n) is 4.05. The summed E-state index contributed by atoms with van der Waals surface area (Å²) in [4.78, 5) is 24.1. The van der Waals surface area contributed by atoms with Crippen molar-refractivity contribution in [3.63, 3.8) is 0 Å². The Kier molecular flexibility index (Phi) is 4.81. The molecule has 2 atom stereocenters. The van der Waals surface area contributed by atoms with E-state index in [9.17, 15) is 14.0 Å². The van der Waals surface area contributed by atoms with Gasteiger partial charge >= 0.3 is 0 Å². The van der Waals surface area contributed by atoms with Crippen molar-refractivity contribution in [3.05, 3.63) is 70.5 Å². The molecule has 3 rings (SSSR count). The SMILES string of the molecule is O=C1CC[C@H](NC(=O)c2ccc(Cl)cc2F)[C@H](c2ccccc2)N1. The number of rotatable bonds is 3. The van der Waals surface area contributed by atoms with E-state index in [1.54, 1.807) is 0 Å². The zero-order chi connectivity index (χ0) is 17.1. The second-order valence-electron chi connectivity index (χ2n) is 5.70. The maximum Gasteiger partial charge on any atom is 0.254 e. The Morgan fingerprint density at radius 2 is 1.96 bits per heavy atom. The minimum Gasteiger partial charge on any atom is -0.347 e. The summed E-state index contributed by atoms with van der Waals surface area (Å²) in [6.07, 6.45) is 0.809. The van der Waals surface area contributed by atoms with Crippen LogP contribution in [0.15, 0.2) is 48.5 Å². The molecule has 0 aliphatic carbocycles. The van der Waals surface area contributed by atoms with Crippen LogP contribution in [0.25, 0.3) is 0 Å². The van der Waals surface area contributed by atoms with E-state index >= 15 is 0 Å². The summed E-state index contributed by atoms with van der Waals surface area (Å²) in [7, 11) is 0. The molecule has 2 aromatic rings. The van der Waals surface area contributed by atoms with Crippen LogP contribution in [0.2, 0.25) is 5.02 Å². The number of halogens is 2. The molecule has 1 aliphatic heterocycles. The minimum atomic E-state index is -0.670. The number of nitrogens with one attached hydrogen (secondary N) is 2. The molecule has 24 heavy (non-hydrogen) atoms. The molecule has 2 N–H and O–H groups in total. The van der Waals surface area contributed by atoms with Crippen molar-refractivity contribution in [3.8, 4) is 0 Å². The monoisotopic (exact) mass is 346 g/mol. The zero-order valence-corrected chi connectivity index (χ0v) is 13.5. The fourth-order valence-electron chi connectivity index (χ4n) is 2.85. The first-order chi connectivity index (χ1) is 11.5. The van der Waals surface area contributed by atoms with Crippen LogP contribution in [-0.4, -0.2) is 17.9 Å². The first-order valence-corrected chi connectivity index (χ1v) is 8.02. The Bertz CT molecular complexity index is 767. The highest BCUT2D eigenvalue weighted by Crippen LogP contribution is 2.25. The second-order valence-corrected chi connectivity index (χ2v) is 6.14. The Balaban J connectivity index is 1.81. The summed E-state index contributed by atoms with van der Waals surface area (Å²) in [5.74, 6) is -1.26. The standard InChI is InChI=1S/C18H16ClFN2O2/c19-12-6-7-13(14(20)10-12)18(24)21-15-8-9-16(23)22-17(15)11-4-2-1-3-5-11/h1-7,10,15,17H,8-9H2,(H,21,24)(H,22,23)/t15-,17-/m0/s1. The van der Waals surface area contributed by atoms with Crippen molar-refractivity contribution in [2.75, 3.05) is 0 Å². The van der Waals surface area contributed by atoms with Gasteiger partial charge in [-0.2, -0.15) is 0 Å². The molecular formula is C18H16ClFN2O2. The van der Waals surface area contributed by atoms with Crippen LogP contribution < -0.4 is 10.6 Å². The van der Waals surface area contributed by atoms with E-state index in [-0.39, 0.29) is 28.6 Å². The van der Waals surface area contributed by atoms with Crippen LogP contribution in [-0.2, 0) is 4.79 Å². The molecule has 0 aromatic heterocycles. The van der Waals surface area contributed by atoms with Crippen LogP contribution in [0.5, 0.6) is 0 Å². The molecule has 4 nitrogen and oxygen atoms in total. The predicted octanol–water partition coefficient (Wildman–Crippen LogP) is 3.23. The van der Waals surface area contributed by atoms with Crippen molar-refractivity contribution in [2.24, 2.45) is 0 Å². The number of hydrogen-bond donors (Lipinski definition) is 2. The fourth-order valence-corrected chi connectivity index (χ4v) is 3.01. The summed E-state index contributed by atoms with van der Waals surface area (Å²) in [6.45, 7) is 0. The van der Waals surface area contributed by atoms with E-state index in [0.29, 0.717) is 12.8 Å². The molecule has 6 heteroatoms. The van der Waals surface area contributed by atoms with E-state index in [0.717, 1.165) is 11.6 Å². The molecule has 0 radical (unpaired) electrons. The normalized spacial score (nSPS) is 20.3. The molecule has 1 aliphatic rings. The third kappa shape index (κ3) is 3.57. The van der Waals surface area contributed by atoms with E-state index in [2.05, 4.69) is 10.6 Å². The van der Waals surface area contributed by atoms with Gasteiger partial charge in [-0.15, -0.1) is 0 Å². The quantitative estimate of drug-likeness (QED) is 0.896. The van der Waals surface area contributed by atoms with Gasteiger partial charge in [0.05, 0.1) is 17.6 Å². The highest BCUT2D eigenvalue weighted by molar-refractivity contribution is 6.30. The summed E-state index contributed by atoms with van der Waals surface area (Å²) in [5, 5.41) is 5.96. The Labute approximate surface area is 144 Å². The van der Waals surface area contributed by atoms with Gasteiger partial charge in [0.15, 0.2) is 0 Å². The molecule has 0 unspecified atom stereocenters. The van der Waals surface area contributed by atoms with Gasteiger partial charge in [0, 0.05) is 11.4 Å². The lowest BCUT2D eigenvalue weighted by molar-refractivity contribution is -0.123. The highest BCUT2D eigenvalue weighted by atomic mass is 35.5. The van der Waals surface area contributed by atoms with Gasteiger partial charge in [0.1, 0.15) is 5.82 Å². The van der Waals surface area contributed by atoms with Crippen LogP contribution in [0.3, 0.4) is 0 Å². The van der Waals surface area contributed by atoms with E-state index in [1.165, 1.54) is 12.1 Å². The van der Waals surface area contributed by atoms with Crippen molar-refractivity contribution in [2.45, 2.75) is 24.9 Å². The van der Waals surface area contributed by atoms with Crippen LogP contribution in [0.4, 0.5) is 4.39 Å². The van der Waals surface area contributed by atoms with Gasteiger partial charge in [-0.3, -0.25) is 9.59 Å². The van der Waals surface area contributed by atoms with Gasteiger partial charge in [-0.25, -0.2) is 4.39 Å². The first kappa shape index (κ1) is 16.5. The summed E-state index contributed by atoms with van der Waals surface area (Å²) in [5.41, 5.74) is 0.829. The maximum absolute atomic E-state index is 13.9. The lowest BCUT2D eigenvalue weighted by Crippen LogP contribution is -2.50. The first-order valence-electron chi connectivity index (χ1n) is 7.65. The molecule has 2 aromatic carbocycles. The average molecular weight is 347 g/mol. The summed E-state index contributed by atoms with van der Waals surface area (Å²) >= 11 is 5.71. The van der Waals surface area contributed by atoms with Gasteiger partial charge in [0.25, 0.3) is 5.91 Å². The van der Waals surface area contributed by atoms with Gasteiger partial charge in [-0.1, -0.05) is 41.9 Å². The molecular weight excluding hydrogens is 331 g/mol. The topological polar surface area (TPSA) is 58.2 Å². The predicted molar refractivity (Wildman–Crippen MR) is 89.2 cm³/mol. The van der Waals surface area contributed by atoms with E-state index < -0.39 is 11.7 Å². The van der Waals surface area contributed by atoms with Crippen LogP contribution in [0.1, 0.15) is 34.8 Å². The van der Waals surface area contributed by atoms with Crippen molar-refractivity contribution in [1.82, 2.24) is 10.6 Å². The number of piperidine rings is 1. The number of hydrogen-bond acceptors (Lipinski definition) is 2. The molecule has 0 saturated carbocycles. The van der Waals surface area contributed by atoms with Crippen molar-refractivity contribution in [1.29, 1.82) is 0 Å². The van der Waals surface area contributed by atoms with Crippen molar-refractivity contribution >= 4 is 23.4 Å². The number of amides is 2. The van der Waals surface area contributed by atoms with Gasteiger partial charge in [0.2, 0.25) is 5.91 Å². The zero-order valence-electron chi connectivity index (χ0n) is 12.8. The number of carbonyl (C=O) groups excluding carboxylic acids is 2. The van der Waals surface area contributed by atoms with E-state index in [4.69, 9.17) is 11.6 Å². The fraction of sp³-hybridized carbons (Fsp3) is 0.222. The van der Waals surface area contributed by atoms with Gasteiger partial charge in [-0.05, 0) is 30.2 Å². The van der Waals surface area contributed by atoms with E-state index in [1.807, 2.05) is 30.3 Å². The Hall–Kier alpha value is -2.40. The molecule has 0 spiro atoms. The highest BCUT2D eigenvalue weighted by Gasteiger charge is 2.31. The van der Waals surface area contributed by atoms with Crippen molar-refractivity contribution < 1.29 is 14.0 Å². The maximum atomic E-state index is 13.9. The summed E-state index contributed by atoms with van der Waals surface area (Å²) < 4.78 is 13.9. The molecule has 1 heterocycles. The lowest BCUT2D eigenvalue weighted by atomic mass is 9.91.